The summed E-state index contributed by atoms with van der Waals surface area (Å²) in [7, 11) is 0. The summed E-state index contributed by atoms with van der Waals surface area (Å²) >= 11 is 0. The first-order valence-corrected chi connectivity index (χ1v) is 12.1. The predicted octanol–water partition coefficient (Wildman–Crippen LogP) is 6.02. The third-order valence-corrected chi connectivity index (χ3v) is 6.19. The van der Waals surface area contributed by atoms with Crippen LogP contribution < -0.4 is 5.32 Å². The number of aromatic amines is 1. The number of hydrogen-bond donors (Lipinski definition) is 2. The van der Waals surface area contributed by atoms with Crippen LogP contribution in [0.2, 0.25) is 0 Å². The van der Waals surface area contributed by atoms with Gasteiger partial charge >= 0.3 is 0 Å². The van der Waals surface area contributed by atoms with Gasteiger partial charge in [-0.3, -0.25) is 4.79 Å². The average molecular weight is 465 g/mol. The molecule has 0 saturated carbocycles. The molecule has 178 valence electrons. The molecule has 1 amide bonds. The van der Waals surface area contributed by atoms with Crippen LogP contribution >= 0.6 is 0 Å². The Morgan fingerprint density at radius 1 is 1.11 bits per heavy atom. The first-order chi connectivity index (χ1) is 17.1. The SMILES string of the molecule is C=Cc1[nH]cc(CC(=O)NC(Cc2ccccc2)c2nccc(-c3ccccc3C)n2)c1CCC. The largest absolute Gasteiger partial charge is 0.361 e. The molecule has 35 heavy (non-hydrogen) atoms. The molecule has 1 unspecified atom stereocenters. The van der Waals surface area contributed by atoms with Gasteiger partial charge in [-0.15, -0.1) is 0 Å². The van der Waals surface area contributed by atoms with E-state index in [1.165, 1.54) is 0 Å². The van der Waals surface area contributed by atoms with E-state index in [9.17, 15) is 4.79 Å². The quantitative estimate of drug-likeness (QED) is 0.302. The van der Waals surface area contributed by atoms with Gasteiger partial charge in [-0.05, 0) is 54.2 Å². The summed E-state index contributed by atoms with van der Waals surface area (Å²) in [6, 6.07) is 19.9. The number of carbonyl (C=O) groups is 1. The topological polar surface area (TPSA) is 70.7 Å². The van der Waals surface area contributed by atoms with Gasteiger partial charge in [0.05, 0.1) is 18.2 Å². The summed E-state index contributed by atoms with van der Waals surface area (Å²) in [6.07, 6.45) is 8.32. The Bertz CT molecular complexity index is 1290. The number of aromatic nitrogens is 3. The van der Waals surface area contributed by atoms with Gasteiger partial charge < -0.3 is 10.3 Å². The first kappa shape index (κ1) is 24.1. The highest BCUT2D eigenvalue weighted by Gasteiger charge is 2.21. The lowest BCUT2D eigenvalue weighted by atomic mass is 10.0. The van der Waals surface area contributed by atoms with Gasteiger partial charge in [0.1, 0.15) is 0 Å². The molecule has 4 aromatic rings. The molecule has 1 atom stereocenters. The molecule has 0 bridgehead atoms. The van der Waals surface area contributed by atoms with E-state index in [1.54, 1.807) is 6.20 Å². The minimum absolute atomic E-state index is 0.0530. The van der Waals surface area contributed by atoms with Crippen LogP contribution in [0.3, 0.4) is 0 Å². The Balaban J connectivity index is 1.61. The van der Waals surface area contributed by atoms with Crippen molar-refractivity contribution in [2.45, 2.75) is 45.6 Å². The van der Waals surface area contributed by atoms with E-state index in [4.69, 9.17) is 4.98 Å². The molecule has 2 aromatic carbocycles. The van der Waals surface area contributed by atoms with Gasteiger partial charge in [0, 0.05) is 23.7 Å². The Morgan fingerprint density at radius 2 is 1.89 bits per heavy atom. The number of rotatable bonds is 10. The van der Waals surface area contributed by atoms with Crippen LogP contribution in [0.1, 0.15) is 53.2 Å². The van der Waals surface area contributed by atoms with Crippen LogP contribution in [-0.4, -0.2) is 20.9 Å². The molecule has 4 rings (SSSR count). The normalized spacial score (nSPS) is 11.7. The standard InChI is InChI=1S/C30H32N4O/c1-4-11-25-23(20-32-26(25)5-2)19-29(35)33-28(18-22-13-7-6-8-14-22)30-31-17-16-27(34-30)24-15-10-9-12-21(24)3/h5-10,12-17,20,28,32H,2,4,11,18-19H2,1,3H3,(H,33,35). The molecule has 0 saturated heterocycles. The minimum atomic E-state index is -0.346. The van der Waals surface area contributed by atoms with E-state index in [1.807, 2.05) is 48.7 Å². The molecule has 2 heterocycles. The fourth-order valence-corrected chi connectivity index (χ4v) is 4.42. The number of H-pyrrole nitrogens is 1. The molecule has 0 fully saturated rings. The van der Waals surface area contributed by atoms with Crippen molar-refractivity contribution in [3.05, 3.63) is 113 Å². The van der Waals surface area contributed by atoms with Gasteiger partial charge in [-0.1, -0.05) is 74.5 Å². The zero-order chi connectivity index (χ0) is 24.6. The number of nitrogens with zero attached hydrogens (tertiary/aromatic N) is 2. The van der Waals surface area contributed by atoms with Crippen LogP contribution in [0, 0.1) is 6.92 Å². The van der Waals surface area contributed by atoms with Gasteiger partial charge in [-0.25, -0.2) is 9.97 Å². The third kappa shape index (κ3) is 5.93. The third-order valence-electron chi connectivity index (χ3n) is 6.19. The van der Waals surface area contributed by atoms with Crippen molar-refractivity contribution in [3.8, 4) is 11.3 Å². The highest BCUT2D eigenvalue weighted by Crippen LogP contribution is 2.24. The van der Waals surface area contributed by atoms with E-state index in [-0.39, 0.29) is 11.9 Å². The van der Waals surface area contributed by atoms with Crippen molar-refractivity contribution in [2.75, 3.05) is 0 Å². The molecule has 0 aliphatic carbocycles. The lowest BCUT2D eigenvalue weighted by molar-refractivity contribution is -0.121. The summed E-state index contributed by atoms with van der Waals surface area (Å²) in [4.78, 5) is 25.9. The lowest BCUT2D eigenvalue weighted by Crippen LogP contribution is -2.32. The fraction of sp³-hybridized carbons (Fsp3) is 0.233. The molecule has 0 aliphatic heterocycles. The van der Waals surface area contributed by atoms with Gasteiger partial charge in [-0.2, -0.15) is 0 Å². The highest BCUT2D eigenvalue weighted by molar-refractivity contribution is 5.79. The number of carbonyl (C=O) groups excluding carboxylic acids is 1. The second-order valence-electron chi connectivity index (χ2n) is 8.76. The number of benzene rings is 2. The monoisotopic (exact) mass is 464 g/mol. The minimum Gasteiger partial charge on any atom is -0.361 e. The lowest BCUT2D eigenvalue weighted by Gasteiger charge is -2.19. The summed E-state index contributed by atoms with van der Waals surface area (Å²) in [5.74, 6) is 0.556. The maximum atomic E-state index is 13.2. The van der Waals surface area contributed by atoms with E-state index in [2.05, 4.69) is 60.0 Å². The Labute approximate surface area is 207 Å². The summed E-state index contributed by atoms with van der Waals surface area (Å²) in [5.41, 5.74) is 7.34. The molecular formula is C30H32N4O. The Hall–Kier alpha value is -3.99. The number of amides is 1. The second-order valence-corrected chi connectivity index (χ2v) is 8.76. The van der Waals surface area contributed by atoms with Crippen LogP contribution in [0.25, 0.3) is 17.3 Å². The van der Waals surface area contributed by atoms with E-state index >= 15 is 0 Å². The van der Waals surface area contributed by atoms with Crippen LogP contribution in [0.4, 0.5) is 0 Å². The maximum Gasteiger partial charge on any atom is 0.225 e. The summed E-state index contributed by atoms with van der Waals surface area (Å²) in [5, 5.41) is 3.22. The van der Waals surface area contributed by atoms with Crippen LogP contribution in [0.15, 0.2) is 79.6 Å². The first-order valence-electron chi connectivity index (χ1n) is 12.1. The van der Waals surface area contributed by atoms with E-state index < -0.39 is 0 Å². The molecule has 2 N–H and O–H groups in total. The molecule has 5 heteroatoms. The van der Waals surface area contributed by atoms with Crippen molar-refractivity contribution < 1.29 is 4.79 Å². The maximum absolute atomic E-state index is 13.2. The van der Waals surface area contributed by atoms with Crippen molar-refractivity contribution >= 4 is 12.0 Å². The van der Waals surface area contributed by atoms with Crippen molar-refractivity contribution in [1.29, 1.82) is 0 Å². The van der Waals surface area contributed by atoms with Gasteiger partial charge in [0.25, 0.3) is 0 Å². The average Bonchev–Trinajstić information content (AvgIpc) is 3.26. The Kier molecular flexibility index (Phi) is 7.88. The van der Waals surface area contributed by atoms with Crippen LogP contribution in [-0.2, 0) is 24.1 Å². The summed E-state index contributed by atoms with van der Waals surface area (Å²) < 4.78 is 0. The van der Waals surface area contributed by atoms with E-state index in [0.717, 1.165) is 52.0 Å². The van der Waals surface area contributed by atoms with Gasteiger partial charge in [0.15, 0.2) is 5.82 Å². The van der Waals surface area contributed by atoms with Crippen molar-refractivity contribution in [1.82, 2.24) is 20.3 Å². The van der Waals surface area contributed by atoms with E-state index in [0.29, 0.717) is 18.7 Å². The zero-order valence-electron chi connectivity index (χ0n) is 20.4. The molecule has 0 radical (unpaired) electrons. The van der Waals surface area contributed by atoms with Gasteiger partial charge in [0.2, 0.25) is 5.91 Å². The molecule has 0 aliphatic rings. The number of nitrogens with one attached hydrogen (secondary N) is 2. The molecular weight excluding hydrogens is 432 g/mol. The van der Waals surface area contributed by atoms with Crippen LogP contribution in [0.5, 0.6) is 0 Å². The number of aryl methyl sites for hydroxylation is 1. The van der Waals surface area contributed by atoms with Crippen molar-refractivity contribution in [3.63, 3.8) is 0 Å². The predicted molar refractivity (Wildman–Crippen MR) is 142 cm³/mol. The molecule has 0 spiro atoms. The summed E-state index contributed by atoms with van der Waals surface area (Å²) in [6.45, 7) is 8.10. The smallest absolute Gasteiger partial charge is 0.225 e. The molecule has 5 nitrogen and oxygen atoms in total. The van der Waals surface area contributed by atoms with Crippen molar-refractivity contribution in [2.24, 2.45) is 0 Å². The number of hydrogen-bond acceptors (Lipinski definition) is 3. The molecule has 2 aromatic heterocycles. The Morgan fingerprint density at radius 3 is 2.63 bits per heavy atom. The zero-order valence-corrected chi connectivity index (χ0v) is 20.4. The highest BCUT2D eigenvalue weighted by atomic mass is 16.1. The second kappa shape index (κ2) is 11.4. The fourth-order valence-electron chi connectivity index (χ4n) is 4.42.